The molecule has 0 radical (unpaired) electrons. The zero-order valence-corrected chi connectivity index (χ0v) is 14.0. The van der Waals surface area contributed by atoms with E-state index >= 15 is 0 Å². The Hall–Kier alpha value is -2.73. The van der Waals surface area contributed by atoms with Crippen LogP contribution in [0.4, 0.5) is 0 Å². The van der Waals surface area contributed by atoms with Crippen molar-refractivity contribution in [1.29, 1.82) is 0 Å². The highest BCUT2D eigenvalue weighted by atomic mass is 35.5. The number of para-hydroxylation sites is 1. The molecule has 0 fully saturated rings. The number of carbonyl (C=O) groups excluding carboxylic acids is 1. The molecule has 1 amide bonds. The normalized spacial score (nSPS) is 10.5. The maximum atomic E-state index is 11.7. The SMILES string of the molecule is COc1cccc(/C=N\NC(=O)COc2cccc(Cl)c2)c1OC. The summed E-state index contributed by atoms with van der Waals surface area (Å²) in [6.07, 6.45) is 1.47. The Morgan fingerprint density at radius 1 is 1.21 bits per heavy atom. The van der Waals surface area contributed by atoms with Crippen molar-refractivity contribution in [3.63, 3.8) is 0 Å². The van der Waals surface area contributed by atoms with E-state index in [2.05, 4.69) is 10.5 Å². The zero-order valence-electron chi connectivity index (χ0n) is 13.3. The lowest BCUT2D eigenvalue weighted by molar-refractivity contribution is -0.123. The molecule has 0 spiro atoms. The van der Waals surface area contributed by atoms with E-state index in [0.29, 0.717) is 27.8 Å². The lowest BCUT2D eigenvalue weighted by atomic mass is 10.2. The van der Waals surface area contributed by atoms with Crippen molar-refractivity contribution in [2.45, 2.75) is 0 Å². The Morgan fingerprint density at radius 2 is 2.00 bits per heavy atom. The van der Waals surface area contributed by atoms with Crippen LogP contribution in [0, 0.1) is 0 Å². The summed E-state index contributed by atoms with van der Waals surface area (Å²) in [6, 6.07) is 12.2. The molecule has 0 saturated heterocycles. The molecule has 0 saturated carbocycles. The van der Waals surface area contributed by atoms with E-state index in [-0.39, 0.29) is 6.61 Å². The summed E-state index contributed by atoms with van der Waals surface area (Å²) in [5.74, 6) is 1.23. The van der Waals surface area contributed by atoms with Gasteiger partial charge in [0.25, 0.3) is 5.91 Å². The Balaban J connectivity index is 1.91. The number of halogens is 1. The van der Waals surface area contributed by atoms with E-state index in [1.807, 2.05) is 0 Å². The summed E-state index contributed by atoms with van der Waals surface area (Å²) in [5.41, 5.74) is 3.05. The quantitative estimate of drug-likeness (QED) is 0.617. The van der Waals surface area contributed by atoms with Crippen LogP contribution in [-0.2, 0) is 4.79 Å². The first-order chi connectivity index (χ1) is 11.6. The number of amides is 1. The lowest BCUT2D eigenvalue weighted by Gasteiger charge is -2.09. The Labute approximate surface area is 145 Å². The average molecular weight is 349 g/mol. The van der Waals surface area contributed by atoms with Gasteiger partial charge in [0.2, 0.25) is 0 Å². The minimum absolute atomic E-state index is 0.174. The van der Waals surface area contributed by atoms with Crippen LogP contribution >= 0.6 is 11.6 Å². The Bertz CT molecular complexity index is 734. The topological polar surface area (TPSA) is 69.2 Å². The highest BCUT2D eigenvalue weighted by Crippen LogP contribution is 2.29. The Kier molecular flexibility index (Phi) is 6.45. The van der Waals surface area contributed by atoms with Gasteiger partial charge in [-0.1, -0.05) is 23.7 Å². The predicted octanol–water partition coefficient (Wildman–Crippen LogP) is 2.89. The summed E-state index contributed by atoms with van der Waals surface area (Å²) < 4.78 is 15.8. The molecule has 0 aliphatic heterocycles. The Morgan fingerprint density at radius 3 is 2.71 bits per heavy atom. The van der Waals surface area contributed by atoms with E-state index in [0.717, 1.165) is 0 Å². The van der Waals surface area contributed by atoms with Gasteiger partial charge in [-0.15, -0.1) is 0 Å². The number of benzene rings is 2. The van der Waals surface area contributed by atoms with Crippen LogP contribution in [0.5, 0.6) is 17.2 Å². The van der Waals surface area contributed by atoms with Crippen molar-refractivity contribution in [2.75, 3.05) is 20.8 Å². The fraction of sp³-hybridized carbons (Fsp3) is 0.176. The summed E-state index contributed by atoms with van der Waals surface area (Å²) in [7, 11) is 3.08. The number of ether oxygens (including phenoxy) is 3. The second-order valence-corrected chi connectivity index (χ2v) is 5.06. The minimum Gasteiger partial charge on any atom is -0.493 e. The molecule has 2 aromatic rings. The maximum absolute atomic E-state index is 11.7. The number of rotatable bonds is 7. The van der Waals surface area contributed by atoms with Crippen molar-refractivity contribution < 1.29 is 19.0 Å². The van der Waals surface area contributed by atoms with E-state index in [9.17, 15) is 4.79 Å². The predicted molar refractivity (Wildman–Crippen MR) is 92.2 cm³/mol. The standard InChI is InChI=1S/C17H17ClN2O4/c1-22-15-8-3-5-12(17(15)23-2)10-19-20-16(21)11-24-14-7-4-6-13(18)9-14/h3-10H,11H2,1-2H3,(H,20,21)/b19-10-. The minimum atomic E-state index is -0.395. The van der Waals surface area contributed by atoms with Crippen LogP contribution in [0.2, 0.25) is 5.02 Å². The van der Waals surface area contributed by atoms with Gasteiger partial charge in [-0.25, -0.2) is 5.43 Å². The fourth-order valence-corrected chi connectivity index (χ4v) is 2.11. The van der Waals surface area contributed by atoms with E-state index in [1.165, 1.54) is 13.3 Å². The van der Waals surface area contributed by atoms with Gasteiger partial charge in [-0.05, 0) is 30.3 Å². The van der Waals surface area contributed by atoms with E-state index in [1.54, 1.807) is 49.6 Å². The molecule has 24 heavy (non-hydrogen) atoms. The molecule has 2 aromatic carbocycles. The smallest absolute Gasteiger partial charge is 0.277 e. The monoisotopic (exact) mass is 348 g/mol. The van der Waals surface area contributed by atoms with Crippen LogP contribution in [0.15, 0.2) is 47.6 Å². The summed E-state index contributed by atoms with van der Waals surface area (Å²) in [5, 5.41) is 4.43. The lowest BCUT2D eigenvalue weighted by Crippen LogP contribution is -2.24. The second-order valence-electron chi connectivity index (χ2n) is 4.62. The molecule has 0 heterocycles. The van der Waals surface area contributed by atoms with Gasteiger partial charge in [0.15, 0.2) is 18.1 Å². The van der Waals surface area contributed by atoms with Crippen molar-refractivity contribution in [1.82, 2.24) is 5.43 Å². The van der Waals surface area contributed by atoms with Crippen molar-refractivity contribution in [3.8, 4) is 17.2 Å². The number of hydrogen-bond acceptors (Lipinski definition) is 5. The number of carbonyl (C=O) groups is 1. The molecule has 7 heteroatoms. The first-order valence-corrected chi connectivity index (χ1v) is 7.43. The molecular formula is C17H17ClN2O4. The fourth-order valence-electron chi connectivity index (χ4n) is 1.93. The van der Waals surface area contributed by atoms with Crippen molar-refractivity contribution >= 4 is 23.7 Å². The van der Waals surface area contributed by atoms with Crippen LogP contribution < -0.4 is 19.6 Å². The summed E-state index contributed by atoms with van der Waals surface area (Å²) in [6.45, 7) is -0.174. The number of hydrogen-bond donors (Lipinski definition) is 1. The zero-order chi connectivity index (χ0) is 17.4. The van der Waals surface area contributed by atoms with Crippen LogP contribution in [0.25, 0.3) is 0 Å². The molecule has 1 N–H and O–H groups in total. The number of hydrazone groups is 1. The second kappa shape index (κ2) is 8.79. The van der Waals surface area contributed by atoms with Crippen LogP contribution in [0.1, 0.15) is 5.56 Å². The third-order valence-electron chi connectivity index (χ3n) is 2.99. The summed E-state index contributed by atoms with van der Waals surface area (Å²) in [4.78, 5) is 11.7. The largest absolute Gasteiger partial charge is 0.493 e. The van der Waals surface area contributed by atoms with Crippen LogP contribution in [-0.4, -0.2) is 32.9 Å². The first-order valence-electron chi connectivity index (χ1n) is 7.05. The number of nitrogens with one attached hydrogen (secondary N) is 1. The molecule has 0 unspecified atom stereocenters. The molecule has 6 nitrogen and oxygen atoms in total. The molecule has 0 aliphatic rings. The highest BCUT2D eigenvalue weighted by Gasteiger charge is 2.07. The number of nitrogens with zero attached hydrogens (tertiary/aromatic N) is 1. The van der Waals surface area contributed by atoms with E-state index in [4.69, 9.17) is 25.8 Å². The summed E-state index contributed by atoms with van der Waals surface area (Å²) >= 11 is 5.84. The highest BCUT2D eigenvalue weighted by molar-refractivity contribution is 6.30. The third kappa shape index (κ3) is 4.89. The molecule has 2 rings (SSSR count). The van der Waals surface area contributed by atoms with Crippen LogP contribution in [0.3, 0.4) is 0 Å². The molecule has 126 valence electrons. The molecular weight excluding hydrogens is 332 g/mol. The van der Waals surface area contributed by atoms with Crippen molar-refractivity contribution in [2.24, 2.45) is 5.10 Å². The van der Waals surface area contributed by atoms with Gasteiger partial charge in [-0.2, -0.15) is 5.10 Å². The molecule has 0 aliphatic carbocycles. The third-order valence-corrected chi connectivity index (χ3v) is 3.23. The molecule has 0 aromatic heterocycles. The average Bonchev–Trinajstić information content (AvgIpc) is 2.59. The van der Waals surface area contributed by atoms with Crippen molar-refractivity contribution in [3.05, 3.63) is 53.1 Å². The van der Waals surface area contributed by atoms with Gasteiger partial charge < -0.3 is 14.2 Å². The molecule has 0 bridgehead atoms. The van der Waals surface area contributed by atoms with Gasteiger partial charge >= 0.3 is 0 Å². The van der Waals surface area contributed by atoms with Gasteiger partial charge in [-0.3, -0.25) is 4.79 Å². The van der Waals surface area contributed by atoms with Gasteiger partial charge in [0, 0.05) is 10.6 Å². The van der Waals surface area contributed by atoms with Gasteiger partial charge in [0.1, 0.15) is 5.75 Å². The molecule has 0 atom stereocenters. The first kappa shape index (κ1) is 17.6. The number of methoxy groups -OCH3 is 2. The van der Waals surface area contributed by atoms with Gasteiger partial charge in [0.05, 0.1) is 20.4 Å². The maximum Gasteiger partial charge on any atom is 0.277 e. The van der Waals surface area contributed by atoms with E-state index < -0.39 is 5.91 Å².